The SMILES string of the molecule is Cc1cc(-c2sccc2C)nc(C2CC(N)C2)n1. The number of nitrogens with two attached hydrogens (primary N) is 1. The summed E-state index contributed by atoms with van der Waals surface area (Å²) in [7, 11) is 0. The first-order valence-corrected chi connectivity index (χ1v) is 7.17. The molecule has 0 spiro atoms. The van der Waals surface area contributed by atoms with E-state index in [0.29, 0.717) is 12.0 Å². The molecule has 0 atom stereocenters. The highest BCUT2D eigenvalue weighted by Crippen LogP contribution is 2.35. The van der Waals surface area contributed by atoms with Gasteiger partial charge in [0, 0.05) is 17.7 Å². The van der Waals surface area contributed by atoms with Gasteiger partial charge in [-0.3, -0.25) is 0 Å². The highest BCUT2D eigenvalue weighted by molar-refractivity contribution is 7.13. The minimum absolute atomic E-state index is 0.339. The summed E-state index contributed by atoms with van der Waals surface area (Å²) < 4.78 is 0. The van der Waals surface area contributed by atoms with Crippen molar-refractivity contribution in [2.24, 2.45) is 5.73 Å². The van der Waals surface area contributed by atoms with Crippen molar-refractivity contribution < 1.29 is 0 Å². The van der Waals surface area contributed by atoms with E-state index < -0.39 is 0 Å². The Labute approximate surface area is 111 Å². The molecule has 0 saturated heterocycles. The fraction of sp³-hybridized carbons (Fsp3) is 0.429. The predicted octanol–water partition coefficient (Wildman–Crippen LogP) is 3.03. The van der Waals surface area contributed by atoms with Crippen molar-refractivity contribution in [3.05, 3.63) is 34.6 Å². The zero-order valence-corrected chi connectivity index (χ0v) is 11.5. The van der Waals surface area contributed by atoms with Crippen LogP contribution >= 0.6 is 11.3 Å². The van der Waals surface area contributed by atoms with Gasteiger partial charge in [0.1, 0.15) is 5.82 Å². The van der Waals surface area contributed by atoms with Crippen LogP contribution in [0.4, 0.5) is 0 Å². The molecular weight excluding hydrogens is 242 g/mol. The molecule has 0 aromatic carbocycles. The van der Waals surface area contributed by atoms with Gasteiger partial charge >= 0.3 is 0 Å². The van der Waals surface area contributed by atoms with Crippen LogP contribution in [0.3, 0.4) is 0 Å². The average molecular weight is 259 g/mol. The lowest BCUT2D eigenvalue weighted by Gasteiger charge is -2.31. The molecule has 1 aliphatic rings. The quantitative estimate of drug-likeness (QED) is 0.902. The molecule has 2 heterocycles. The van der Waals surface area contributed by atoms with Crippen molar-refractivity contribution >= 4 is 11.3 Å². The molecular formula is C14H17N3S. The van der Waals surface area contributed by atoms with Crippen LogP contribution in [0.2, 0.25) is 0 Å². The highest BCUT2D eigenvalue weighted by atomic mass is 32.1. The van der Waals surface area contributed by atoms with Crippen molar-refractivity contribution in [1.82, 2.24) is 9.97 Å². The van der Waals surface area contributed by atoms with E-state index in [0.717, 1.165) is 30.1 Å². The fourth-order valence-electron chi connectivity index (χ4n) is 2.40. The normalized spacial score (nSPS) is 22.8. The molecule has 4 heteroatoms. The maximum absolute atomic E-state index is 5.85. The molecule has 0 amide bonds. The summed E-state index contributed by atoms with van der Waals surface area (Å²) in [5.74, 6) is 1.43. The number of aromatic nitrogens is 2. The Hall–Kier alpha value is -1.26. The number of rotatable bonds is 2. The van der Waals surface area contributed by atoms with Gasteiger partial charge in [0.2, 0.25) is 0 Å². The van der Waals surface area contributed by atoms with Crippen LogP contribution in [0.25, 0.3) is 10.6 Å². The second-order valence-corrected chi connectivity index (χ2v) is 6.03. The summed E-state index contributed by atoms with van der Waals surface area (Å²) in [6, 6.07) is 4.54. The van der Waals surface area contributed by atoms with Crippen LogP contribution < -0.4 is 5.73 Å². The number of hydrogen-bond donors (Lipinski definition) is 1. The molecule has 94 valence electrons. The molecule has 1 fully saturated rings. The Morgan fingerprint density at radius 1 is 1.28 bits per heavy atom. The summed E-state index contributed by atoms with van der Waals surface area (Å²) in [4.78, 5) is 10.6. The molecule has 2 N–H and O–H groups in total. The van der Waals surface area contributed by atoms with E-state index in [1.54, 1.807) is 11.3 Å². The average Bonchev–Trinajstić information content (AvgIpc) is 2.70. The van der Waals surface area contributed by atoms with E-state index in [-0.39, 0.29) is 0 Å². The van der Waals surface area contributed by atoms with Crippen molar-refractivity contribution in [3.8, 4) is 10.6 Å². The summed E-state index contributed by atoms with van der Waals surface area (Å²) in [5.41, 5.74) is 9.24. The Balaban J connectivity index is 1.99. The van der Waals surface area contributed by atoms with Gasteiger partial charge in [0.15, 0.2) is 0 Å². The van der Waals surface area contributed by atoms with Crippen LogP contribution in [-0.2, 0) is 0 Å². The minimum Gasteiger partial charge on any atom is -0.328 e. The highest BCUT2D eigenvalue weighted by Gasteiger charge is 2.30. The molecule has 1 saturated carbocycles. The van der Waals surface area contributed by atoms with E-state index in [1.165, 1.54) is 10.4 Å². The maximum atomic E-state index is 5.85. The van der Waals surface area contributed by atoms with Crippen LogP contribution in [0.5, 0.6) is 0 Å². The fourth-order valence-corrected chi connectivity index (χ4v) is 3.29. The van der Waals surface area contributed by atoms with E-state index in [2.05, 4.69) is 29.4 Å². The van der Waals surface area contributed by atoms with Crippen molar-refractivity contribution in [1.29, 1.82) is 0 Å². The van der Waals surface area contributed by atoms with Crippen molar-refractivity contribution in [2.75, 3.05) is 0 Å². The molecule has 3 nitrogen and oxygen atoms in total. The van der Waals surface area contributed by atoms with Crippen molar-refractivity contribution in [2.45, 2.75) is 38.6 Å². The van der Waals surface area contributed by atoms with Crippen LogP contribution in [-0.4, -0.2) is 16.0 Å². The molecule has 0 bridgehead atoms. The lowest BCUT2D eigenvalue weighted by atomic mass is 9.80. The molecule has 0 aliphatic heterocycles. The topological polar surface area (TPSA) is 51.8 Å². The van der Waals surface area contributed by atoms with Gasteiger partial charge in [0.25, 0.3) is 0 Å². The first-order valence-electron chi connectivity index (χ1n) is 6.29. The molecule has 0 unspecified atom stereocenters. The number of thiophene rings is 1. The zero-order valence-electron chi connectivity index (χ0n) is 10.7. The molecule has 0 radical (unpaired) electrons. The lowest BCUT2D eigenvalue weighted by molar-refractivity contribution is 0.338. The van der Waals surface area contributed by atoms with E-state index in [4.69, 9.17) is 10.7 Å². The van der Waals surface area contributed by atoms with Gasteiger partial charge in [-0.1, -0.05) is 0 Å². The Morgan fingerprint density at radius 2 is 2.06 bits per heavy atom. The van der Waals surface area contributed by atoms with E-state index in [9.17, 15) is 0 Å². The summed E-state index contributed by atoms with van der Waals surface area (Å²) in [5, 5.41) is 2.11. The van der Waals surface area contributed by atoms with Gasteiger partial charge in [-0.2, -0.15) is 0 Å². The Morgan fingerprint density at radius 3 is 2.67 bits per heavy atom. The maximum Gasteiger partial charge on any atom is 0.132 e. The first-order chi connectivity index (χ1) is 8.63. The molecule has 2 aromatic heterocycles. The van der Waals surface area contributed by atoms with Crippen molar-refractivity contribution in [3.63, 3.8) is 0 Å². The van der Waals surface area contributed by atoms with Crippen LogP contribution in [0.15, 0.2) is 17.5 Å². The zero-order chi connectivity index (χ0) is 12.7. The molecule has 18 heavy (non-hydrogen) atoms. The van der Waals surface area contributed by atoms with Gasteiger partial charge in [-0.25, -0.2) is 9.97 Å². The number of nitrogens with zero attached hydrogens (tertiary/aromatic N) is 2. The summed E-state index contributed by atoms with van der Waals surface area (Å²) in [6.45, 7) is 4.17. The third-order valence-corrected chi connectivity index (χ3v) is 4.54. The van der Waals surface area contributed by atoms with Gasteiger partial charge < -0.3 is 5.73 Å². The number of hydrogen-bond acceptors (Lipinski definition) is 4. The first kappa shape index (κ1) is 11.8. The largest absolute Gasteiger partial charge is 0.328 e. The van der Waals surface area contributed by atoms with Gasteiger partial charge in [0.05, 0.1) is 10.6 Å². The molecule has 2 aromatic rings. The van der Waals surface area contributed by atoms with Crippen LogP contribution in [0.1, 0.15) is 35.8 Å². The molecule has 3 rings (SSSR count). The Bertz CT molecular complexity index is 570. The number of aryl methyl sites for hydroxylation is 2. The monoisotopic (exact) mass is 259 g/mol. The second kappa shape index (κ2) is 4.44. The Kier molecular flexibility index (Phi) is 2.92. The minimum atomic E-state index is 0.339. The van der Waals surface area contributed by atoms with Crippen LogP contribution in [0, 0.1) is 13.8 Å². The molecule has 1 aliphatic carbocycles. The summed E-state index contributed by atoms with van der Waals surface area (Å²) >= 11 is 1.74. The van der Waals surface area contributed by atoms with Gasteiger partial charge in [-0.15, -0.1) is 11.3 Å². The third-order valence-electron chi connectivity index (χ3n) is 3.51. The van der Waals surface area contributed by atoms with E-state index in [1.807, 2.05) is 6.92 Å². The lowest BCUT2D eigenvalue weighted by Crippen LogP contribution is -2.35. The smallest absolute Gasteiger partial charge is 0.132 e. The van der Waals surface area contributed by atoms with E-state index >= 15 is 0 Å². The third kappa shape index (κ3) is 2.06. The predicted molar refractivity (Wildman–Crippen MR) is 74.8 cm³/mol. The standard InChI is InChI=1S/C14H17N3S/c1-8-3-4-18-13(8)12-5-9(2)16-14(17-12)10-6-11(15)7-10/h3-5,10-11H,6-7,15H2,1-2H3. The second-order valence-electron chi connectivity index (χ2n) is 5.11. The summed E-state index contributed by atoms with van der Waals surface area (Å²) in [6.07, 6.45) is 2.04. The van der Waals surface area contributed by atoms with Gasteiger partial charge in [-0.05, 0) is 49.8 Å².